The van der Waals surface area contributed by atoms with Gasteiger partial charge in [0.2, 0.25) is 0 Å². The maximum Gasteiger partial charge on any atom is 0.344 e. The summed E-state index contributed by atoms with van der Waals surface area (Å²) in [5.74, 6) is -0.708. The first-order chi connectivity index (χ1) is 9.11. The Labute approximate surface area is 110 Å². The summed E-state index contributed by atoms with van der Waals surface area (Å²) in [5.41, 5.74) is 0.394. The number of nitro benzene ring substituents is 1. The molecule has 1 aromatic rings. The molecular formula is C13H14N2O4. The number of carbonyl (C=O) groups is 1. The van der Waals surface area contributed by atoms with E-state index in [1.54, 1.807) is 6.07 Å². The number of rotatable bonds is 4. The van der Waals surface area contributed by atoms with E-state index in [9.17, 15) is 14.9 Å². The molecular weight excluding hydrogens is 248 g/mol. The molecule has 1 N–H and O–H groups in total. The van der Waals surface area contributed by atoms with Crippen molar-refractivity contribution in [2.75, 3.05) is 12.4 Å². The van der Waals surface area contributed by atoms with Crippen LogP contribution in [-0.2, 0) is 4.74 Å². The molecule has 0 aromatic heterocycles. The Morgan fingerprint density at radius 1 is 1.42 bits per heavy atom. The minimum atomic E-state index is -0.708. The van der Waals surface area contributed by atoms with Crippen molar-refractivity contribution >= 4 is 17.3 Å². The van der Waals surface area contributed by atoms with Crippen LogP contribution in [0, 0.1) is 10.1 Å². The van der Waals surface area contributed by atoms with Crippen LogP contribution in [-0.4, -0.2) is 24.0 Å². The maximum absolute atomic E-state index is 11.6. The van der Waals surface area contributed by atoms with Gasteiger partial charge in [0.05, 0.1) is 12.0 Å². The molecule has 19 heavy (non-hydrogen) atoms. The maximum atomic E-state index is 11.6. The van der Waals surface area contributed by atoms with Crippen LogP contribution < -0.4 is 5.32 Å². The first-order valence-electron chi connectivity index (χ1n) is 5.90. The molecule has 1 aromatic carbocycles. The van der Waals surface area contributed by atoms with Gasteiger partial charge >= 0.3 is 5.97 Å². The molecule has 0 atom stereocenters. The minimum absolute atomic E-state index is 0.0385. The molecule has 0 saturated heterocycles. The third-order valence-electron chi connectivity index (χ3n) is 2.98. The molecule has 6 heteroatoms. The van der Waals surface area contributed by atoms with E-state index in [4.69, 9.17) is 0 Å². The van der Waals surface area contributed by atoms with Crippen LogP contribution in [0.25, 0.3) is 0 Å². The smallest absolute Gasteiger partial charge is 0.344 e. The van der Waals surface area contributed by atoms with Gasteiger partial charge in [0.1, 0.15) is 5.56 Å². The number of anilines is 1. The fraction of sp³-hybridized carbons (Fsp3) is 0.308. The first-order valence-corrected chi connectivity index (χ1v) is 5.90. The minimum Gasteiger partial charge on any atom is -0.465 e. The van der Waals surface area contributed by atoms with Gasteiger partial charge in [0, 0.05) is 17.8 Å². The molecule has 0 radical (unpaired) electrons. The van der Waals surface area contributed by atoms with Crippen LogP contribution in [0.4, 0.5) is 11.4 Å². The summed E-state index contributed by atoms with van der Waals surface area (Å²) in [6.45, 7) is 0. The van der Waals surface area contributed by atoms with Crippen LogP contribution in [0.15, 0.2) is 30.4 Å². The van der Waals surface area contributed by atoms with Crippen LogP contribution in [0.5, 0.6) is 0 Å². The number of hydrogen-bond donors (Lipinski definition) is 1. The predicted molar refractivity (Wildman–Crippen MR) is 70.2 cm³/mol. The highest BCUT2D eigenvalue weighted by atomic mass is 16.6. The zero-order valence-electron chi connectivity index (χ0n) is 10.5. The summed E-state index contributed by atoms with van der Waals surface area (Å²) in [6.07, 6.45) is 5.96. The molecule has 0 amide bonds. The number of benzene rings is 1. The Balaban J connectivity index is 2.26. The van der Waals surface area contributed by atoms with E-state index < -0.39 is 10.9 Å². The Bertz CT molecular complexity index is 531. The van der Waals surface area contributed by atoms with Gasteiger partial charge < -0.3 is 10.1 Å². The summed E-state index contributed by atoms with van der Waals surface area (Å²) in [4.78, 5) is 21.8. The van der Waals surface area contributed by atoms with Gasteiger partial charge in [-0.15, -0.1) is 0 Å². The zero-order chi connectivity index (χ0) is 13.8. The summed E-state index contributed by atoms with van der Waals surface area (Å²) in [7, 11) is 1.20. The fourth-order valence-corrected chi connectivity index (χ4v) is 2.03. The average molecular weight is 262 g/mol. The van der Waals surface area contributed by atoms with Gasteiger partial charge in [0.25, 0.3) is 5.69 Å². The molecule has 2 rings (SSSR count). The molecule has 0 bridgehead atoms. The lowest BCUT2D eigenvalue weighted by atomic mass is 10.1. The summed E-state index contributed by atoms with van der Waals surface area (Å²) in [5, 5.41) is 14.1. The standard InChI is InChI=1S/C13H14N2O4/c1-19-13(16)11-8-10(6-7-12(11)15(17)18)14-9-4-2-3-5-9/h2-3,6-9,14H,4-5H2,1H3. The topological polar surface area (TPSA) is 81.5 Å². The molecule has 100 valence electrons. The van der Waals surface area contributed by atoms with E-state index in [1.807, 2.05) is 0 Å². The number of nitrogens with zero attached hydrogens (tertiary/aromatic N) is 1. The second kappa shape index (κ2) is 5.51. The third-order valence-corrected chi connectivity index (χ3v) is 2.98. The second-order valence-corrected chi connectivity index (χ2v) is 4.26. The van der Waals surface area contributed by atoms with Gasteiger partial charge in [-0.05, 0) is 25.0 Å². The lowest BCUT2D eigenvalue weighted by Crippen LogP contribution is -2.15. The number of esters is 1. The molecule has 1 aliphatic rings. The van der Waals surface area contributed by atoms with E-state index in [0.29, 0.717) is 5.69 Å². The lowest BCUT2D eigenvalue weighted by molar-refractivity contribution is -0.385. The monoisotopic (exact) mass is 262 g/mol. The largest absolute Gasteiger partial charge is 0.465 e. The van der Waals surface area contributed by atoms with Gasteiger partial charge in [0.15, 0.2) is 0 Å². The van der Waals surface area contributed by atoms with Gasteiger partial charge in [-0.3, -0.25) is 10.1 Å². The van der Waals surface area contributed by atoms with Crippen LogP contribution in [0.1, 0.15) is 23.2 Å². The van der Waals surface area contributed by atoms with E-state index in [2.05, 4.69) is 22.2 Å². The molecule has 0 unspecified atom stereocenters. The van der Waals surface area contributed by atoms with E-state index in [1.165, 1.54) is 19.2 Å². The van der Waals surface area contributed by atoms with Crippen molar-refractivity contribution in [2.45, 2.75) is 18.9 Å². The van der Waals surface area contributed by atoms with Crippen molar-refractivity contribution in [3.8, 4) is 0 Å². The number of hydrogen-bond acceptors (Lipinski definition) is 5. The predicted octanol–water partition coefficient (Wildman–Crippen LogP) is 2.51. The Hall–Kier alpha value is -2.37. The Morgan fingerprint density at radius 2 is 2.11 bits per heavy atom. The molecule has 0 saturated carbocycles. The number of ether oxygens (including phenoxy) is 1. The quantitative estimate of drug-likeness (QED) is 0.390. The Kier molecular flexibility index (Phi) is 3.79. The van der Waals surface area contributed by atoms with Gasteiger partial charge in [-0.1, -0.05) is 12.2 Å². The number of nitro groups is 1. The molecule has 0 heterocycles. The SMILES string of the molecule is COC(=O)c1cc(NC2CC=CC2)ccc1[N+](=O)[O-]. The average Bonchev–Trinajstić information content (AvgIpc) is 2.90. The van der Waals surface area contributed by atoms with Crippen molar-refractivity contribution in [1.82, 2.24) is 0 Å². The van der Waals surface area contributed by atoms with Crippen molar-refractivity contribution < 1.29 is 14.5 Å². The van der Waals surface area contributed by atoms with E-state index >= 15 is 0 Å². The number of carbonyl (C=O) groups excluding carboxylic acids is 1. The van der Waals surface area contributed by atoms with Gasteiger partial charge in [-0.25, -0.2) is 4.79 Å². The fourth-order valence-electron chi connectivity index (χ4n) is 2.03. The molecule has 1 aliphatic carbocycles. The second-order valence-electron chi connectivity index (χ2n) is 4.26. The summed E-state index contributed by atoms with van der Waals surface area (Å²) in [6, 6.07) is 4.65. The molecule has 0 spiro atoms. The molecule has 6 nitrogen and oxygen atoms in total. The molecule has 0 fully saturated rings. The van der Waals surface area contributed by atoms with E-state index in [0.717, 1.165) is 12.8 Å². The summed E-state index contributed by atoms with van der Waals surface area (Å²) < 4.78 is 4.57. The zero-order valence-corrected chi connectivity index (χ0v) is 10.5. The van der Waals surface area contributed by atoms with E-state index in [-0.39, 0.29) is 17.3 Å². The van der Waals surface area contributed by atoms with Crippen molar-refractivity contribution in [2.24, 2.45) is 0 Å². The van der Waals surface area contributed by atoms with Crippen LogP contribution in [0.3, 0.4) is 0 Å². The lowest BCUT2D eigenvalue weighted by Gasteiger charge is -2.14. The van der Waals surface area contributed by atoms with Crippen molar-refractivity contribution in [3.63, 3.8) is 0 Å². The van der Waals surface area contributed by atoms with Crippen LogP contribution >= 0.6 is 0 Å². The third kappa shape index (κ3) is 2.90. The number of nitrogens with one attached hydrogen (secondary N) is 1. The highest BCUT2D eigenvalue weighted by Gasteiger charge is 2.22. The highest BCUT2D eigenvalue weighted by molar-refractivity contribution is 5.95. The highest BCUT2D eigenvalue weighted by Crippen LogP contribution is 2.25. The van der Waals surface area contributed by atoms with Crippen molar-refractivity contribution in [3.05, 3.63) is 46.0 Å². The molecule has 0 aliphatic heterocycles. The Morgan fingerprint density at radius 3 is 2.68 bits per heavy atom. The summed E-state index contributed by atoms with van der Waals surface area (Å²) >= 11 is 0. The first kappa shape index (κ1) is 13.1. The van der Waals surface area contributed by atoms with Gasteiger partial charge in [-0.2, -0.15) is 0 Å². The van der Waals surface area contributed by atoms with Crippen molar-refractivity contribution in [1.29, 1.82) is 0 Å². The number of methoxy groups -OCH3 is 1. The van der Waals surface area contributed by atoms with Crippen LogP contribution in [0.2, 0.25) is 0 Å². The normalized spacial score (nSPS) is 14.4.